The van der Waals surface area contributed by atoms with Crippen molar-refractivity contribution in [3.63, 3.8) is 0 Å². The summed E-state index contributed by atoms with van der Waals surface area (Å²) in [5.74, 6) is 0.202. The van der Waals surface area contributed by atoms with Crippen LogP contribution in [0.4, 0.5) is 0 Å². The molecule has 3 rings (SSSR count). The van der Waals surface area contributed by atoms with Crippen LogP contribution in [0.3, 0.4) is 0 Å². The molecule has 0 unspecified atom stereocenters. The smallest absolute Gasteiger partial charge is 0.339 e. The Morgan fingerprint density at radius 3 is 2.43 bits per heavy atom. The Bertz CT molecular complexity index is 805. The highest BCUT2D eigenvalue weighted by Crippen LogP contribution is 2.27. The Balaban J connectivity index is 1.91. The third-order valence-electron chi connectivity index (χ3n) is 3.52. The van der Waals surface area contributed by atoms with Gasteiger partial charge in [0.2, 0.25) is 0 Å². The van der Waals surface area contributed by atoms with E-state index >= 15 is 0 Å². The Morgan fingerprint density at radius 2 is 1.71 bits per heavy atom. The fourth-order valence-corrected chi connectivity index (χ4v) is 3.27. The summed E-state index contributed by atoms with van der Waals surface area (Å²) < 4.78 is 29.5. The molecular formula is C16H14O4S. The first kappa shape index (κ1) is 13.8. The van der Waals surface area contributed by atoms with Crippen molar-refractivity contribution < 1.29 is 17.4 Å². The van der Waals surface area contributed by atoms with Crippen LogP contribution in [0.1, 0.15) is 27.9 Å². The molecule has 0 atom stereocenters. The van der Waals surface area contributed by atoms with Crippen molar-refractivity contribution >= 4 is 15.9 Å². The van der Waals surface area contributed by atoms with Crippen LogP contribution < -0.4 is 4.18 Å². The second-order valence-corrected chi connectivity index (χ2v) is 6.64. The van der Waals surface area contributed by atoms with Crippen molar-refractivity contribution in [2.24, 2.45) is 0 Å². The number of hydrogen-bond donors (Lipinski definition) is 0. The lowest BCUT2D eigenvalue weighted by Gasteiger charge is -2.08. The molecule has 21 heavy (non-hydrogen) atoms. The molecule has 0 saturated heterocycles. The molecule has 0 bridgehead atoms. The average molecular weight is 302 g/mol. The maximum atomic E-state index is 12.2. The number of fused-ring (bicyclic) bond motifs is 1. The van der Waals surface area contributed by atoms with E-state index in [0.29, 0.717) is 18.4 Å². The molecule has 4 nitrogen and oxygen atoms in total. The number of ketones is 1. The lowest BCUT2D eigenvalue weighted by atomic mass is 10.1. The molecule has 0 saturated carbocycles. The summed E-state index contributed by atoms with van der Waals surface area (Å²) in [5, 5.41) is 0. The van der Waals surface area contributed by atoms with Crippen molar-refractivity contribution in [1.82, 2.24) is 0 Å². The molecule has 0 amide bonds. The number of aryl methyl sites for hydroxylation is 2. The Morgan fingerprint density at radius 1 is 1.00 bits per heavy atom. The number of carbonyl (C=O) groups is 1. The first-order chi connectivity index (χ1) is 9.95. The van der Waals surface area contributed by atoms with E-state index in [-0.39, 0.29) is 16.4 Å². The minimum absolute atomic E-state index is 0.0307. The summed E-state index contributed by atoms with van der Waals surface area (Å²) >= 11 is 0. The van der Waals surface area contributed by atoms with E-state index in [1.54, 1.807) is 24.3 Å². The number of rotatable bonds is 3. The van der Waals surface area contributed by atoms with Crippen LogP contribution in [0.5, 0.6) is 5.75 Å². The zero-order valence-corrected chi connectivity index (χ0v) is 12.3. The number of carbonyl (C=O) groups excluding carboxylic acids is 1. The van der Waals surface area contributed by atoms with Crippen LogP contribution in [-0.2, 0) is 16.5 Å². The lowest BCUT2D eigenvalue weighted by molar-refractivity contribution is 0.0994. The molecule has 0 N–H and O–H groups in total. The van der Waals surface area contributed by atoms with E-state index < -0.39 is 10.1 Å². The van der Waals surface area contributed by atoms with Gasteiger partial charge in [-0.25, -0.2) is 0 Å². The highest BCUT2D eigenvalue weighted by molar-refractivity contribution is 7.87. The topological polar surface area (TPSA) is 60.4 Å². The maximum absolute atomic E-state index is 12.2. The van der Waals surface area contributed by atoms with Crippen LogP contribution in [0.25, 0.3) is 0 Å². The van der Waals surface area contributed by atoms with Gasteiger partial charge in [-0.1, -0.05) is 23.8 Å². The zero-order chi connectivity index (χ0) is 15.0. The molecule has 108 valence electrons. The molecule has 1 aliphatic carbocycles. The predicted octanol–water partition coefficient (Wildman–Crippen LogP) is 2.89. The summed E-state index contributed by atoms with van der Waals surface area (Å²) in [6.07, 6.45) is 1.18. The average Bonchev–Trinajstić information content (AvgIpc) is 2.80. The highest BCUT2D eigenvalue weighted by atomic mass is 32.2. The number of benzene rings is 2. The van der Waals surface area contributed by atoms with Crippen LogP contribution in [-0.4, -0.2) is 14.2 Å². The lowest BCUT2D eigenvalue weighted by Crippen LogP contribution is -2.10. The molecule has 2 aromatic carbocycles. The minimum atomic E-state index is -3.88. The fourth-order valence-electron chi connectivity index (χ4n) is 2.35. The summed E-state index contributed by atoms with van der Waals surface area (Å²) in [4.78, 5) is 11.8. The Hall–Kier alpha value is -2.14. The molecule has 0 radical (unpaired) electrons. The number of hydrogen-bond acceptors (Lipinski definition) is 4. The van der Waals surface area contributed by atoms with Gasteiger partial charge in [0.05, 0.1) is 0 Å². The molecule has 0 aromatic heterocycles. The van der Waals surface area contributed by atoms with Gasteiger partial charge < -0.3 is 4.18 Å². The molecule has 2 aromatic rings. The van der Waals surface area contributed by atoms with Crippen molar-refractivity contribution in [3.8, 4) is 5.75 Å². The van der Waals surface area contributed by atoms with Gasteiger partial charge in [0, 0.05) is 12.0 Å². The van der Waals surface area contributed by atoms with Gasteiger partial charge >= 0.3 is 10.1 Å². The predicted molar refractivity (Wildman–Crippen MR) is 78.1 cm³/mol. The molecule has 5 heteroatoms. The molecule has 0 aliphatic heterocycles. The second-order valence-electron chi connectivity index (χ2n) is 5.09. The third-order valence-corrected chi connectivity index (χ3v) is 4.78. The van der Waals surface area contributed by atoms with E-state index in [0.717, 1.165) is 11.1 Å². The van der Waals surface area contributed by atoms with Crippen molar-refractivity contribution in [1.29, 1.82) is 0 Å². The van der Waals surface area contributed by atoms with Crippen molar-refractivity contribution in [2.45, 2.75) is 24.7 Å². The quantitative estimate of drug-likeness (QED) is 0.818. The Labute approximate surface area is 123 Å². The third kappa shape index (κ3) is 2.69. The van der Waals surface area contributed by atoms with Gasteiger partial charge in [-0.3, -0.25) is 4.79 Å². The SMILES string of the molecule is Cc1ccc(S(=O)(=O)Oc2ccc3c(c2)C(=O)CC3)cc1. The highest BCUT2D eigenvalue weighted by Gasteiger charge is 2.22. The van der Waals surface area contributed by atoms with E-state index in [1.807, 2.05) is 6.92 Å². The summed E-state index contributed by atoms with van der Waals surface area (Å²) in [5.41, 5.74) is 2.48. The standard InChI is InChI=1S/C16H14O4S/c1-11-2-7-14(8-3-11)21(18,19)20-13-6-4-12-5-9-16(17)15(12)10-13/h2-4,6-8,10H,5,9H2,1H3. The molecule has 0 fully saturated rings. The van der Waals surface area contributed by atoms with Gasteiger partial charge in [0.15, 0.2) is 5.78 Å². The van der Waals surface area contributed by atoms with Gasteiger partial charge in [-0.2, -0.15) is 8.42 Å². The molecule has 0 spiro atoms. The van der Waals surface area contributed by atoms with Crippen LogP contribution in [0, 0.1) is 6.92 Å². The van der Waals surface area contributed by atoms with Crippen molar-refractivity contribution in [3.05, 3.63) is 59.2 Å². The zero-order valence-electron chi connectivity index (χ0n) is 11.5. The van der Waals surface area contributed by atoms with E-state index in [1.165, 1.54) is 18.2 Å². The molecule has 0 heterocycles. The van der Waals surface area contributed by atoms with E-state index in [4.69, 9.17) is 4.18 Å². The summed E-state index contributed by atoms with van der Waals surface area (Å²) in [6.45, 7) is 1.88. The fraction of sp³-hybridized carbons (Fsp3) is 0.188. The monoisotopic (exact) mass is 302 g/mol. The minimum Gasteiger partial charge on any atom is -0.379 e. The second kappa shape index (κ2) is 5.00. The number of Topliss-reactive ketones (excluding diaryl/α,β-unsaturated/α-hetero) is 1. The first-order valence-corrected chi connectivity index (χ1v) is 8.04. The first-order valence-electron chi connectivity index (χ1n) is 6.63. The summed E-state index contributed by atoms with van der Waals surface area (Å²) in [7, 11) is -3.88. The van der Waals surface area contributed by atoms with Gasteiger partial charge in [0.25, 0.3) is 0 Å². The van der Waals surface area contributed by atoms with Crippen LogP contribution in [0.2, 0.25) is 0 Å². The van der Waals surface area contributed by atoms with E-state index in [9.17, 15) is 13.2 Å². The van der Waals surface area contributed by atoms with Gasteiger partial charge in [-0.05, 0) is 43.2 Å². The van der Waals surface area contributed by atoms with Gasteiger partial charge in [-0.15, -0.1) is 0 Å². The van der Waals surface area contributed by atoms with Crippen LogP contribution in [0.15, 0.2) is 47.4 Å². The maximum Gasteiger partial charge on any atom is 0.339 e. The molecular weight excluding hydrogens is 288 g/mol. The van der Waals surface area contributed by atoms with Crippen LogP contribution >= 0.6 is 0 Å². The van der Waals surface area contributed by atoms with Crippen molar-refractivity contribution in [2.75, 3.05) is 0 Å². The van der Waals surface area contributed by atoms with Gasteiger partial charge in [0.1, 0.15) is 10.6 Å². The Kier molecular flexibility index (Phi) is 3.29. The molecule has 1 aliphatic rings. The normalized spacial score (nSPS) is 14.0. The summed E-state index contributed by atoms with van der Waals surface area (Å²) in [6, 6.07) is 11.3. The van der Waals surface area contributed by atoms with E-state index in [2.05, 4.69) is 0 Å². The largest absolute Gasteiger partial charge is 0.379 e.